The van der Waals surface area contributed by atoms with Gasteiger partial charge in [0.15, 0.2) is 5.13 Å². The van der Waals surface area contributed by atoms with Crippen molar-refractivity contribution in [3.8, 4) is 0 Å². The third-order valence-corrected chi connectivity index (χ3v) is 5.79. The van der Waals surface area contributed by atoms with E-state index in [2.05, 4.69) is 23.0 Å². The molecule has 0 aromatic carbocycles. The summed E-state index contributed by atoms with van der Waals surface area (Å²) in [6.07, 6.45) is 2.89. The number of carbonyl (C=O) groups excluding carboxylic acids is 1. The van der Waals surface area contributed by atoms with E-state index in [1.165, 1.54) is 27.3 Å². The molecule has 4 rings (SSSR count). The summed E-state index contributed by atoms with van der Waals surface area (Å²) in [7, 11) is 0. The summed E-state index contributed by atoms with van der Waals surface area (Å²) in [6, 6.07) is 2.09. The molecule has 1 aliphatic carbocycles. The highest BCUT2D eigenvalue weighted by atomic mass is 32.1. The molecular formula is C17H20N4OS. The number of hydrogen-bond donors (Lipinski definition) is 1. The Hall–Kier alpha value is -1.95. The monoisotopic (exact) mass is 328 g/mol. The van der Waals surface area contributed by atoms with Crippen LogP contribution in [0.3, 0.4) is 0 Å². The Morgan fingerprint density at radius 1 is 1.35 bits per heavy atom. The van der Waals surface area contributed by atoms with Crippen molar-refractivity contribution < 1.29 is 4.79 Å². The fraction of sp³-hybridized carbons (Fsp3) is 0.471. The van der Waals surface area contributed by atoms with Crippen LogP contribution < -0.4 is 5.73 Å². The molecule has 0 radical (unpaired) electrons. The van der Waals surface area contributed by atoms with Crippen LogP contribution in [-0.2, 0) is 24.3 Å². The van der Waals surface area contributed by atoms with Gasteiger partial charge in [-0.2, -0.15) is 0 Å². The van der Waals surface area contributed by atoms with Crippen LogP contribution in [0.25, 0.3) is 0 Å². The fourth-order valence-electron chi connectivity index (χ4n) is 3.77. The molecule has 1 unspecified atom stereocenters. The predicted molar refractivity (Wildman–Crippen MR) is 90.2 cm³/mol. The first-order valence-electron chi connectivity index (χ1n) is 8.03. The van der Waals surface area contributed by atoms with Crippen molar-refractivity contribution in [3.63, 3.8) is 0 Å². The summed E-state index contributed by atoms with van der Waals surface area (Å²) in [4.78, 5) is 25.2. The molecule has 3 heterocycles. The van der Waals surface area contributed by atoms with E-state index in [-0.39, 0.29) is 11.8 Å². The van der Waals surface area contributed by atoms with E-state index in [0.29, 0.717) is 18.2 Å². The van der Waals surface area contributed by atoms with Gasteiger partial charge >= 0.3 is 0 Å². The van der Waals surface area contributed by atoms with Crippen molar-refractivity contribution in [3.05, 3.63) is 39.2 Å². The Bertz CT molecular complexity index is 798. The first-order chi connectivity index (χ1) is 11.0. The second-order valence-corrected chi connectivity index (χ2v) is 7.62. The van der Waals surface area contributed by atoms with E-state index in [9.17, 15) is 4.79 Å². The van der Waals surface area contributed by atoms with Gasteiger partial charge in [-0.3, -0.25) is 9.78 Å². The molecular weight excluding hydrogens is 308 g/mol. The van der Waals surface area contributed by atoms with E-state index >= 15 is 0 Å². The highest BCUT2D eigenvalue weighted by Gasteiger charge is 2.35. The number of anilines is 1. The van der Waals surface area contributed by atoms with Crippen LogP contribution in [0.2, 0.25) is 0 Å². The molecule has 0 spiro atoms. The Morgan fingerprint density at radius 3 is 3.00 bits per heavy atom. The summed E-state index contributed by atoms with van der Waals surface area (Å²) < 4.78 is 0. The van der Waals surface area contributed by atoms with Crippen molar-refractivity contribution >= 4 is 22.4 Å². The van der Waals surface area contributed by atoms with Crippen LogP contribution in [0, 0.1) is 13.8 Å². The van der Waals surface area contributed by atoms with E-state index in [1.807, 2.05) is 11.8 Å². The van der Waals surface area contributed by atoms with Crippen LogP contribution in [0.15, 0.2) is 6.07 Å². The lowest BCUT2D eigenvalue weighted by Gasteiger charge is -2.25. The minimum Gasteiger partial charge on any atom is -0.375 e. The zero-order valence-corrected chi connectivity index (χ0v) is 14.2. The Labute approximate surface area is 139 Å². The maximum absolute atomic E-state index is 13.1. The SMILES string of the molecule is Cc1cc(C)c2c(n1)CN(C(=O)C1CCCc3sc(N)nc31)C2. The fourth-order valence-corrected chi connectivity index (χ4v) is 4.70. The minimum atomic E-state index is -0.136. The van der Waals surface area contributed by atoms with Gasteiger partial charge in [0, 0.05) is 17.1 Å². The summed E-state index contributed by atoms with van der Waals surface area (Å²) in [6.45, 7) is 5.38. The normalized spacial score (nSPS) is 19.6. The zero-order valence-electron chi connectivity index (χ0n) is 13.4. The number of nitrogens with zero attached hydrogens (tertiary/aromatic N) is 3. The van der Waals surface area contributed by atoms with E-state index in [4.69, 9.17) is 5.73 Å². The number of amides is 1. The summed E-state index contributed by atoms with van der Waals surface area (Å²) in [5.41, 5.74) is 11.3. The van der Waals surface area contributed by atoms with Crippen LogP contribution in [0.1, 0.15) is 51.8 Å². The number of thiazole rings is 1. The molecule has 1 amide bonds. The number of aryl methyl sites for hydroxylation is 3. The molecule has 1 atom stereocenters. The lowest BCUT2D eigenvalue weighted by atomic mass is 9.90. The zero-order chi connectivity index (χ0) is 16.1. The third-order valence-electron chi connectivity index (χ3n) is 4.83. The molecule has 2 aromatic heterocycles. The smallest absolute Gasteiger partial charge is 0.232 e. The molecule has 2 N–H and O–H groups in total. The van der Waals surface area contributed by atoms with Gasteiger partial charge in [-0.25, -0.2) is 4.98 Å². The van der Waals surface area contributed by atoms with Gasteiger partial charge in [0.2, 0.25) is 5.91 Å². The van der Waals surface area contributed by atoms with Crippen LogP contribution in [-0.4, -0.2) is 20.8 Å². The molecule has 0 bridgehead atoms. The largest absolute Gasteiger partial charge is 0.375 e. The molecule has 0 fully saturated rings. The molecule has 2 aromatic rings. The van der Waals surface area contributed by atoms with Crippen LogP contribution in [0.4, 0.5) is 5.13 Å². The lowest BCUT2D eigenvalue weighted by Crippen LogP contribution is -2.32. The van der Waals surface area contributed by atoms with Crippen LogP contribution in [0.5, 0.6) is 0 Å². The Balaban J connectivity index is 1.61. The van der Waals surface area contributed by atoms with Gasteiger partial charge in [0.1, 0.15) is 0 Å². The second kappa shape index (κ2) is 5.30. The number of hydrogen-bond acceptors (Lipinski definition) is 5. The first-order valence-corrected chi connectivity index (χ1v) is 8.84. The molecule has 0 saturated carbocycles. The van der Waals surface area contributed by atoms with Gasteiger partial charge in [0.05, 0.1) is 23.9 Å². The van der Waals surface area contributed by atoms with Gasteiger partial charge in [-0.05, 0) is 50.3 Å². The molecule has 5 nitrogen and oxygen atoms in total. The highest BCUT2D eigenvalue weighted by molar-refractivity contribution is 7.15. The Morgan fingerprint density at radius 2 is 2.17 bits per heavy atom. The molecule has 0 saturated heterocycles. The first kappa shape index (κ1) is 14.6. The predicted octanol–water partition coefficient (Wildman–Crippen LogP) is 2.70. The number of nitrogens with two attached hydrogens (primary N) is 1. The van der Waals surface area contributed by atoms with Gasteiger partial charge in [0.25, 0.3) is 0 Å². The van der Waals surface area contributed by atoms with Gasteiger partial charge in [-0.1, -0.05) is 0 Å². The average Bonchev–Trinajstić information content (AvgIpc) is 3.08. The van der Waals surface area contributed by atoms with Gasteiger partial charge < -0.3 is 10.6 Å². The third kappa shape index (κ3) is 2.41. The van der Waals surface area contributed by atoms with Crippen molar-refractivity contribution in [1.29, 1.82) is 0 Å². The second-order valence-electron chi connectivity index (χ2n) is 6.51. The quantitative estimate of drug-likeness (QED) is 0.873. The minimum absolute atomic E-state index is 0.136. The number of aromatic nitrogens is 2. The molecule has 6 heteroatoms. The molecule has 2 aliphatic rings. The number of fused-ring (bicyclic) bond motifs is 2. The van der Waals surface area contributed by atoms with E-state index < -0.39 is 0 Å². The highest BCUT2D eigenvalue weighted by Crippen LogP contribution is 2.38. The van der Waals surface area contributed by atoms with Gasteiger partial charge in [-0.15, -0.1) is 11.3 Å². The van der Waals surface area contributed by atoms with Crippen LogP contribution >= 0.6 is 11.3 Å². The number of rotatable bonds is 1. The van der Waals surface area contributed by atoms with Crippen molar-refractivity contribution in [1.82, 2.24) is 14.9 Å². The van der Waals surface area contributed by atoms with E-state index in [0.717, 1.165) is 36.3 Å². The average molecular weight is 328 g/mol. The standard InChI is InChI=1S/C17H20N4OS/c1-9-6-10(2)19-13-8-21(7-12(9)13)16(22)11-4-3-5-14-15(11)20-17(18)23-14/h6,11H,3-5,7-8H2,1-2H3,(H2,18,20). The summed E-state index contributed by atoms with van der Waals surface area (Å²) in [5.74, 6) is 0.0364. The molecule has 1 aliphatic heterocycles. The van der Waals surface area contributed by atoms with Crippen molar-refractivity contribution in [2.24, 2.45) is 0 Å². The molecule has 120 valence electrons. The lowest BCUT2D eigenvalue weighted by molar-refractivity contribution is -0.133. The maximum atomic E-state index is 13.1. The summed E-state index contributed by atoms with van der Waals surface area (Å²) >= 11 is 1.53. The molecule has 23 heavy (non-hydrogen) atoms. The topological polar surface area (TPSA) is 72.1 Å². The van der Waals surface area contributed by atoms with Crippen molar-refractivity contribution in [2.75, 3.05) is 5.73 Å². The Kier molecular flexibility index (Phi) is 3.37. The van der Waals surface area contributed by atoms with Crippen molar-refractivity contribution in [2.45, 2.75) is 52.1 Å². The number of pyridine rings is 1. The number of carbonyl (C=O) groups is 1. The van der Waals surface area contributed by atoms with E-state index in [1.54, 1.807) is 0 Å². The summed E-state index contributed by atoms with van der Waals surface area (Å²) in [5, 5.41) is 0.576. The maximum Gasteiger partial charge on any atom is 0.232 e. The number of nitrogen functional groups attached to an aromatic ring is 1.